The first-order valence-electron chi connectivity index (χ1n) is 8.26. The molecule has 29 heavy (non-hydrogen) atoms. The Morgan fingerprint density at radius 1 is 1.17 bits per heavy atom. The monoisotopic (exact) mass is 431 g/mol. The molecule has 10 heteroatoms. The van der Waals surface area contributed by atoms with Crippen molar-refractivity contribution < 1.29 is 23.1 Å². The number of rotatable bonds is 7. The zero-order valence-electron chi connectivity index (χ0n) is 15.2. The number of amides is 1. The average molecular weight is 431 g/mol. The standard InChI is InChI=1S/C19H17N3O5S2/c1-27-14-8-9-17(23)13(11-14)12-20-21-19(24)15-5-2-3-6-16(15)22-29(25,26)18-7-4-10-28-18/h2-12,22-23H,1H3,(H,21,24). The van der Waals surface area contributed by atoms with Gasteiger partial charge in [-0.15, -0.1) is 11.3 Å². The van der Waals surface area contributed by atoms with Crippen LogP contribution in [0.25, 0.3) is 0 Å². The molecule has 150 valence electrons. The van der Waals surface area contributed by atoms with Gasteiger partial charge in [0.15, 0.2) is 0 Å². The lowest BCUT2D eigenvalue weighted by molar-refractivity contribution is 0.0956. The van der Waals surface area contributed by atoms with Crippen molar-refractivity contribution in [3.8, 4) is 11.5 Å². The minimum Gasteiger partial charge on any atom is -0.507 e. The Labute approximate surface area is 171 Å². The normalized spacial score (nSPS) is 11.3. The number of phenolic OH excluding ortho intramolecular Hbond substituents is 1. The molecule has 1 aromatic heterocycles. The van der Waals surface area contributed by atoms with E-state index in [9.17, 15) is 18.3 Å². The van der Waals surface area contributed by atoms with Crippen LogP contribution in [0.3, 0.4) is 0 Å². The molecule has 0 aliphatic carbocycles. The molecule has 0 aliphatic heterocycles. The van der Waals surface area contributed by atoms with Gasteiger partial charge in [0, 0.05) is 5.56 Å². The fourth-order valence-electron chi connectivity index (χ4n) is 2.37. The van der Waals surface area contributed by atoms with Crippen molar-refractivity contribution in [1.82, 2.24) is 5.43 Å². The second kappa shape index (κ2) is 8.76. The summed E-state index contributed by atoms with van der Waals surface area (Å²) in [5.41, 5.74) is 2.88. The third-order valence-electron chi connectivity index (χ3n) is 3.78. The topological polar surface area (TPSA) is 117 Å². The predicted molar refractivity (Wildman–Crippen MR) is 111 cm³/mol. The van der Waals surface area contributed by atoms with Crippen LogP contribution in [0.1, 0.15) is 15.9 Å². The molecule has 0 radical (unpaired) electrons. The van der Waals surface area contributed by atoms with Crippen LogP contribution in [0.2, 0.25) is 0 Å². The number of nitrogens with zero attached hydrogens (tertiary/aromatic N) is 1. The zero-order valence-corrected chi connectivity index (χ0v) is 16.8. The quantitative estimate of drug-likeness (QED) is 0.393. The summed E-state index contributed by atoms with van der Waals surface area (Å²) < 4.78 is 32.5. The Morgan fingerprint density at radius 3 is 2.69 bits per heavy atom. The largest absolute Gasteiger partial charge is 0.507 e. The van der Waals surface area contributed by atoms with Crippen LogP contribution in [-0.2, 0) is 10.0 Å². The van der Waals surface area contributed by atoms with Crippen LogP contribution in [0.4, 0.5) is 5.69 Å². The maximum Gasteiger partial charge on any atom is 0.273 e. The number of ether oxygens (including phenoxy) is 1. The molecule has 0 aliphatic rings. The minimum atomic E-state index is -3.80. The van der Waals surface area contributed by atoms with Gasteiger partial charge in [0.05, 0.1) is 24.6 Å². The Balaban J connectivity index is 1.77. The number of para-hydroxylation sites is 1. The van der Waals surface area contributed by atoms with E-state index in [4.69, 9.17) is 4.74 Å². The zero-order chi connectivity index (χ0) is 20.9. The van der Waals surface area contributed by atoms with Gasteiger partial charge < -0.3 is 9.84 Å². The van der Waals surface area contributed by atoms with Gasteiger partial charge >= 0.3 is 0 Å². The maximum absolute atomic E-state index is 12.5. The highest BCUT2D eigenvalue weighted by Crippen LogP contribution is 2.23. The minimum absolute atomic E-state index is 0.0343. The number of hydrogen-bond acceptors (Lipinski definition) is 7. The molecular weight excluding hydrogens is 414 g/mol. The van der Waals surface area contributed by atoms with Crippen molar-refractivity contribution >= 4 is 39.2 Å². The molecule has 8 nitrogen and oxygen atoms in total. The smallest absolute Gasteiger partial charge is 0.273 e. The molecule has 0 bridgehead atoms. The molecule has 0 saturated heterocycles. The number of aromatic hydroxyl groups is 1. The highest BCUT2D eigenvalue weighted by Gasteiger charge is 2.19. The number of nitrogens with one attached hydrogen (secondary N) is 2. The number of thiophene rings is 1. The highest BCUT2D eigenvalue weighted by molar-refractivity contribution is 7.94. The second-order valence-electron chi connectivity index (χ2n) is 5.71. The van der Waals surface area contributed by atoms with Crippen LogP contribution >= 0.6 is 11.3 Å². The number of carbonyl (C=O) groups excluding carboxylic acids is 1. The molecule has 0 spiro atoms. The van der Waals surface area contributed by atoms with Gasteiger partial charge in [-0.25, -0.2) is 13.8 Å². The Morgan fingerprint density at radius 2 is 1.97 bits per heavy atom. The second-order valence-corrected chi connectivity index (χ2v) is 8.56. The molecule has 2 aromatic carbocycles. The van der Waals surface area contributed by atoms with Crippen LogP contribution in [0, 0.1) is 0 Å². The number of benzene rings is 2. The third-order valence-corrected chi connectivity index (χ3v) is 6.54. The summed E-state index contributed by atoms with van der Waals surface area (Å²) in [6.07, 6.45) is 1.26. The van der Waals surface area contributed by atoms with Crippen molar-refractivity contribution in [2.75, 3.05) is 11.8 Å². The number of hydrogen-bond donors (Lipinski definition) is 3. The molecule has 0 saturated carbocycles. The van der Waals surface area contributed by atoms with E-state index in [1.54, 1.807) is 35.7 Å². The van der Waals surface area contributed by atoms with E-state index in [0.717, 1.165) is 11.3 Å². The van der Waals surface area contributed by atoms with Gasteiger partial charge in [-0.1, -0.05) is 18.2 Å². The average Bonchev–Trinajstić information content (AvgIpc) is 3.25. The first-order valence-corrected chi connectivity index (χ1v) is 10.6. The Bertz CT molecular complexity index is 1140. The number of hydrazone groups is 1. The van der Waals surface area contributed by atoms with Crippen molar-refractivity contribution in [3.05, 3.63) is 71.1 Å². The molecular formula is C19H17N3O5S2. The van der Waals surface area contributed by atoms with E-state index in [1.165, 1.54) is 37.6 Å². The van der Waals surface area contributed by atoms with E-state index in [1.807, 2.05) is 0 Å². The van der Waals surface area contributed by atoms with Gasteiger partial charge in [-0.2, -0.15) is 5.10 Å². The maximum atomic E-state index is 12.5. The summed E-state index contributed by atoms with van der Waals surface area (Å²) in [4.78, 5) is 12.5. The number of sulfonamides is 1. The SMILES string of the molecule is COc1ccc(O)c(C=NNC(=O)c2ccccc2NS(=O)(=O)c2cccs2)c1. The van der Waals surface area contributed by atoms with E-state index >= 15 is 0 Å². The van der Waals surface area contributed by atoms with E-state index in [0.29, 0.717) is 11.3 Å². The van der Waals surface area contributed by atoms with Gasteiger partial charge in [0.2, 0.25) is 0 Å². The highest BCUT2D eigenvalue weighted by atomic mass is 32.2. The summed E-state index contributed by atoms with van der Waals surface area (Å²) in [7, 11) is -2.31. The van der Waals surface area contributed by atoms with Gasteiger partial charge in [0.1, 0.15) is 15.7 Å². The molecule has 0 unspecified atom stereocenters. The fraction of sp³-hybridized carbons (Fsp3) is 0.0526. The summed E-state index contributed by atoms with van der Waals surface area (Å²) in [6, 6.07) is 13.8. The Kier molecular flexibility index (Phi) is 6.15. The van der Waals surface area contributed by atoms with Crippen molar-refractivity contribution in [1.29, 1.82) is 0 Å². The number of phenols is 1. The van der Waals surface area contributed by atoms with E-state index < -0.39 is 15.9 Å². The van der Waals surface area contributed by atoms with Crippen LogP contribution < -0.4 is 14.9 Å². The van der Waals surface area contributed by atoms with E-state index in [-0.39, 0.29) is 21.2 Å². The molecule has 3 aromatic rings. The lowest BCUT2D eigenvalue weighted by Gasteiger charge is -2.10. The molecule has 1 heterocycles. The van der Waals surface area contributed by atoms with Gasteiger partial charge in [-0.05, 0) is 41.8 Å². The summed E-state index contributed by atoms with van der Waals surface area (Å²) >= 11 is 1.07. The van der Waals surface area contributed by atoms with Crippen molar-refractivity contribution in [2.45, 2.75) is 4.21 Å². The third kappa shape index (κ3) is 4.92. The molecule has 0 atom stereocenters. The van der Waals surface area contributed by atoms with E-state index in [2.05, 4.69) is 15.2 Å². The van der Waals surface area contributed by atoms with Crippen LogP contribution in [-0.4, -0.2) is 32.8 Å². The first kappa shape index (κ1) is 20.4. The van der Waals surface area contributed by atoms with Crippen LogP contribution in [0.5, 0.6) is 11.5 Å². The summed E-state index contributed by atoms with van der Waals surface area (Å²) in [5.74, 6) is -0.134. The number of carbonyl (C=O) groups is 1. The summed E-state index contributed by atoms with van der Waals surface area (Å²) in [5, 5.41) is 15.3. The predicted octanol–water partition coefficient (Wildman–Crippen LogP) is 3.03. The van der Waals surface area contributed by atoms with Crippen molar-refractivity contribution in [3.63, 3.8) is 0 Å². The van der Waals surface area contributed by atoms with Crippen molar-refractivity contribution in [2.24, 2.45) is 5.10 Å². The molecule has 1 amide bonds. The first-order chi connectivity index (χ1) is 13.9. The molecule has 3 N–H and O–H groups in total. The van der Waals surface area contributed by atoms with Gasteiger partial charge in [-0.3, -0.25) is 9.52 Å². The number of methoxy groups -OCH3 is 1. The fourth-order valence-corrected chi connectivity index (χ4v) is 4.44. The molecule has 0 fully saturated rings. The lowest BCUT2D eigenvalue weighted by atomic mass is 10.2. The molecule has 3 rings (SSSR count). The van der Waals surface area contributed by atoms with Crippen LogP contribution in [0.15, 0.2) is 69.3 Å². The Hall–Kier alpha value is -3.37. The summed E-state index contributed by atoms with van der Waals surface area (Å²) in [6.45, 7) is 0. The number of anilines is 1. The van der Waals surface area contributed by atoms with Gasteiger partial charge in [0.25, 0.3) is 15.9 Å². The lowest BCUT2D eigenvalue weighted by Crippen LogP contribution is -2.21.